The van der Waals surface area contributed by atoms with Gasteiger partial charge < -0.3 is 5.73 Å². The van der Waals surface area contributed by atoms with Crippen LogP contribution in [0.2, 0.25) is 0 Å². The van der Waals surface area contributed by atoms with Gasteiger partial charge in [0.2, 0.25) is 0 Å². The molecule has 0 bridgehead atoms. The Hall–Kier alpha value is -1.01. The average molecular weight is 180 g/mol. The molecule has 1 aromatic heterocycles. The zero-order valence-corrected chi connectivity index (χ0v) is 8.11. The fraction of sp³-hybridized carbons (Fsp3) is 0.444. The summed E-state index contributed by atoms with van der Waals surface area (Å²) in [6.07, 6.45) is 0.941. The third-order valence-corrected chi connectivity index (χ3v) is 2.50. The van der Waals surface area contributed by atoms with Gasteiger partial charge in [-0.1, -0.05) is 13.8 Å². The van der Waals surface area contributed by atoms with E-state index in [1.165, 1.54) is 11.3 Å². The normalized spacial score (nSPS) is 10.2. The molecule has 0 amide bonds. The van der Waals surface area contributed by atoms with Gasteiger partial charge in [-0.2, -0.15) is 5.26 Å². The molecule has 2 N–H and O–H groups in total. The van der Waals surface area contributed by atoms with E-state index in [1.54, 1.807) is 0 Å². The maximum absolute atomic E-state index is 8.78. The summed E-state index contributed by atoms with van der Waals surface area (Å²) in [5, 5.41) is 11.4. The van der Waals surface area contributed by atoms with Crippen LogP contribution in [0.3, 0.4) is 0 Å². The minimum atomic E-state index is 0.575. The molecule has 0 radical (unpaired) electrons. The first-order valence-electron chi connectivity index (χ1n) is 3.91. The largest absolute Gasteiger partial charge is 0.389 e. The van der Waals surface area contributed by atoms with Gasteiger partial charge in [0.1, 0.15) is 11.1 Å². The molecule has 0 unspecified atom stereocenters. The van der Waals surface area contributed by atoms with Gasteiger partial charge in [-0.3, -0.25) is 0 Å². The Kier molecular flexibility index (Phi) is 2.72. The molecule has 0 aliphatic heterocycles. The van der Waals surface area contributed by atoms with Gasteiger partial charge in [-0.05, 0) is 23.3 Å². The van der Waals surface area contributed by atoms with E-state index >= 15 is 0 Å². The molecule has 0 fully saturated rings. The number of anilines is 1. The van der Waals surface area contributed by atoms with Crippen LogP contribution in [0.1, 0.15) is 25.0 Å². The quantitative estimate of drug-likeness (QED) is 0.759. The van der Waals surface area contributed by atoms with Crippen molar-refractivity contribution in [3.05, 3.63) is 16.5 Å². The van der Waals surface area contributed by atoms with Gasteiger partial charge >= 0.3 is 0 Å². The predicted molar refractivity (Wildman–Crippen MR) is 52.0 cm³/mol. The molecule has 1 heterocycles. The van der Waals surface area contributed by atoms with Crippen LogP contribution in [-0.2, 0) is 6.42 Å². The molecule has 0 aliphatic carbocycles. The molecule has 0 saturated carbocycles. The summed E-state index contributed by atoms with van der Waals surface area (Å²) in [7, 11) is 0. The highest BCUT2D eigenvalue weighted by molar-refractivity contribution is 7.14. The van der Waals surface area contributed by atoms with E-state index in [2.05, 4.69) is 19.9 Å². The minimum Gasteiger partial charge on any atom is -0.389 e. The van der Waals surface area contributed by atoms with Crippen LogP contribution >= 0.6 is 11.3 Å². The number of nitriles is 1. The predicted octanol–water partition coefficient (Wildman–Crippen LogP) is 2.40. The number of nitrogen functional groups attached to an aromatic ring is 1. The van der Waals surface area contributed by atoms with E-state index in [0.29, 0.717) is 16.5 Å². The number of nitrogens with zero attached hydrogens (tertiary/aromatic N) is 1. The number of rotatable bonds is 2. The second kappa shape index (κ2) is 3.59. The van der Waals surface area contributed by atoms with Gasteiger partial charge in [-0.25, -0.2) is 0 Å². The zero-order valence-electron chi connectivity index (χ0n) is 7.29. The Balaban J connectivity index is 2.94. The van der Waals surface area contributed by atoms with Gasteiger partial charge in [0.15, 0.2) is 0 Å². The van der Waals surface area contributed by atoms with E-state index in [-0.39, 0.29) is 0 Å². The highest BCUT2D eigenvalue weighted by Gasteiger charge is 2.09. The molecule has 0 saturated heterocycles. The minimum absolute atomic E-state index is 0.575. The van der Waals surface area contributed by atoms with Crippen molar-refractivity contribution in [1.82, 2.24) is 0 Å². The SMILES string of the molecule is CC(C)Cc1csc(N)c1C#N. The molecular weight excluding hydrogens is 168 g/mol. The second-order valence-electron chi connectivity index (χ2n) is 3.21. The summed E-state index contributed by atoms with van der Waals surface area (Å²) in [4.78, 5) is 0. The van der Waals surface area contributed by atoms with Crippen LogP contribution in [0.15, 0.2) is 5.38 Å². The summed E-state index contributed by atoms with van der Waals surface area (Å²) < 4.78 is 0. The Morgan fingerprint density at radius 2 is 2.33 bits per heavy atom. The van der Waals surface area contributed by atoms with Crippen molar-refractivity contribution in [3.63, 3.8) is 0 Å². The van der Waals surface area contributed by atoms with E-state index in [1.807, 2.05) is 5.38 Å². The summed E-state index contributed by atoms with van der Waals surface area (Å²) in [6, 6.07) is 2.13. The summed E-state index contributed by atoms with van der Waals surface area (Å²) in [6.45, 7) is 4.27. The van der Waals surface area contributed by atoms with Gasteiger partial charge in [-0.15, -0.1) is 11.3 Å². The van der Waals surface area contributed by atoms with Crippen molar-refractivity contribution in [2.75, 3.05) is 5.73 Å². The van der Waals surface area contributed by atoms with Crippen LogP contribution in [0, 0.1) is 17.2 Å². The maximum atomic E-state index is 8.78. The van der Waals surface area contributed by atoms with Crippen LogP contribution in [0.4, 0.5) is 5.00 Å². The van der Waals surface area contributed by atoms with Crippen LogP contribution in [0.5, 0.6) is 0 Å². The van der Waals surface area contributed by atoms with Crippen molar-refractivity contribution < 1.29 is 0 Å². The molecule has 0 aliphatic rings. The van der Waals surface area contributed by atoms with Crippen LogP contribution in [-0.4, -0.2) is 0 Å². The monoisotopic (exact) mass is 180 g/mol. The standard InChI is InChI=1S/C9H12N2S/c1-6(2)3-7-5-12-9(11)8(7)4-10/h5-6H,3,11H2,1-2H3. The lowest BCUT2D eigenvalue weighted by molar-refractivity contribution is 0.648. The number of nitrogens with two attached hydrogens (primary N) is 1. The summed E-state index contributed by atoms with van der Waals surface area (Å²) >= 11 is 1.45. The van der Waals surface area contributed by atoms with Crippen LogP contribution in [0.25, 0.3) is 0 Å². The van der Waals surface area contributed by atoms with Crippen molar-refractivity contribution in [2.24, 2.45) is 5.92 Å². The third kappa shape index (κ3) is 1.77. The lowest BCUT2D eigenvalue weighted by atomic mass is 10.0. The lowest BCUT2D eigenvalue weighted by Gasteiger charge is -2.01. The van der Waals surface area contributed by atoms with Crippen molar-refractivity contribution >= 4 is 16.3 Å². The molecule has 64 valence electrons. The Labute approximate surface area is 76.6 Å². The highest BCUT2D eigenvalue weighted by atomic mass is 32.1. The van der Waals surface area contributed by atoms with Gasteiger partial charge in [0.05, 0.1) is 5.56 Å². The van der Waals surface area contributed by atoms with E-state index in [0.717, 1.165) is 12.0 Å². The topological polar surface area (TPSA) is 49.8 Å². The number of hydrogen-bond acceptors (Lipinski definition) is 3. The Bertz CT molecular complexity index is 307. The fourth-order valence-electron chi connectivity index (χ4n) is 1.13. The molecule has 1 aromatic rings. The summed E-state index contributed by atoms with van der Waals surface area (Å²) in [5.74, 6) is 0.575. The third-order valence-electron chi connectivity index (χ3n) is 1.64. The van der Waals surface area contributed by atoms with Crippen LogP contribution < -0.4 is 5.73 Å². The first kappa shape index (κ1) is 9.08. The number of hydrogen-bond donors (Lipinski definition) is 1. The lowest BCUT2D eigenvalue weighted by Crippen LogP contribution is -1.95. The smallest absolute Gasteiger partial charge is 0.104 e. The molecule has 12 heavy (non-hydrogen) atoms. The maximum Gasteiger partial charge on any atom is 0.104 e. The van der Waals surface area contributed by atoms with Crippen molar-refractivity contribution in [1.29, 1.82) is 5.26 Å². The molecule has 0 atom stereocenters. The zero-order chi connectivity index (χ0) is 9.14. The molecular formula is C9H12N2S. The molecule has 0 aromatic carbocycles. The highest BCUT2D eigenvalue weighted by Crippen LogP contribution is 2.25. The second-order valence-corrected chi connectivity index (χ2v) is 4.12. The van der Waals surface area contributed by atoms with Gasteiger partial charge in [0.25, 0.3) is 0 Å². The first-order valence-corrected chi connectivity index (χ1v) is 4.79. The van der Waals surface area contributed by atoms with E-state index in [4.69, 9.17) is 11.0 Å². The summed E-state index contributed by atoms with van der Waals surface area (Å²) in [5.41, 5.74) is 7.39. The van der Waals surface area contributed by atoms with Crippen molar-refractivity contribution in [2.45, 2.75) is 20.3 Å². The molecule has 1 rings (SSSR count). The van der Waals surface area contributed by atoms with Gasteiger partial charge in [0, 0.05) is 0 Å². The Morgan fingerprint density at radius 3 is 2.83 bits per heavy atom. The average Bonchev–Trinajstić information content (AvgIpc) is 2.30. The first-order chi connectivity index (χ1) is 5.65. The van der Waals surface area contributed by atoms with E-state index in [9.17, 15) is 0 Å². The van der Waals surface area contributed by atoms with Crippen molar-refractivity contribution in [3.8, 4) is 6.07 Å². The number of thiophene rings is 1. The molecule has 2 nitrogen and oxygen atoms in total. The fourth-order valence-corrected chi connectivity index (χ4v) is 1.91. The molecule has 0 spiro atoms. The van der Waals surface area contributed by atoms with E-state index < -0.39 is 0 Å². The molecule has 3 heteroatoms. The Morgan fingerprint density at radius 1 is 1.67 bits per heavy atom.